The van der Waals surface area contributed by atoms with Crippen molar-refractivity contribution in [3.63, 3.8) is 0 Å². The number of hydrogen-bond acceptors (Lipinski definition) is 4. The average Bonchev–Trinajstić information content (AvgIpc) is 2.68. The molecular weight excluding hydrogens is 433 g/mol. The van der Waals surface area contributed by atoms with Crippen molar-refractivity contribution < 1.29 is 22.3 Å². The highest BCUT2D eigenvalue weighted by atomic mass is 35.5. The highest BCUT2D eigenvalue weighted by Gasteiger charge is 2.34. The van der Waals surface area contributed by atoms with Crippen LogP contribution in [0.1, 0.15) is 17.5 Å². The number of carbonyl (C=O) groups excluding carboxylic acids is 1. The van der Waals surface area contributed by atoms with Gasteiger partial charge >= 0.3 is 0 Å². The Hall–Kier alpha value is -2.20. The van der Waals surface area contributed by atoms with E-state index in [1.165, 1.54) is 29.6 Å². The average molecular weight is 456 g/mol. The number of anilines is 1. The minimum absolute atomic E-state index is 0.0441. The minimum atomic E-state index is -3.86. The summed E-state index contributed by atoms with van der Waals surface area (Å²) in [4.78, 5) is 12.6. The van der Waals surface area contributed by atoms with Gasteiger partial charge in [-0.05, 0) is 42.7 Å². The largest absolute Gasteiger partial charge is 0.495 e. The zero-order valence-corrected chi connectivity index (χ0v) is 18.3. The van der Waals surface area contributed by atoms with E-state index in [0.29, 0.717) is 35.0 Å². The Morgan fingerprint density at radius 3 is 2.67 bits per heavy atom. The molecule has 1 N–H and O–H groups in total. The maximum Gasteiger partial charge on any atom is 0.282 e. The molecule has 0 saturated carbocycles. The van der Waals surface area contributed by atoms with Gasteiger partial charge in [0, 0.05) is 30.7 Å². The third-order valence-corrected chi connectivity index (χ3v) is 7.13. The molecule has 10 heteroatoms. The number of hydrogen-bond donors (Lipinski definition) is 1. The molecule has 162 valence electrons. The third-order valence-electron chi connectivity index (χ3n) is 4.79. The fraction of sp³-hybridized carbons (Fsp3) is 0.350. The highest BCUT2D eigenvalue weighted by molar-refractivity contribution is 7.86. The monoisotopic (exact) mass is 455 g/mol. The van der Waals surface area contributed by atoms with Crippen molar-refractivity contribution in [2.24, 2.45) is 0 Å². The van der Waals surface area contributed by atoms with Crippen molar-refractivity contribution in [3.05, 3.63) is 58.4 Å². The van der Waals surface area contributed by atoms with Crippen LogP contribution < -0.4 is 10.1 Å². The molecule has 0 unspecified atom stereocenters. The summed E-state index contributed by atoms with van der Waals surface area (Å²) in [6.07, 6.45) is 0.561. The third kappa shape index (κ3) is 5.10. The van der Waals surface area contributed by atoms with Crippen molar-refractivity contribution >= 4 is 33.4 Å². The number of halogens is 2. The zero-order chi connectivity index (χ0) is 21.9. The summed E-state index contributed by atoms with van der Waals surface area (Å²) in [5.41, 5.74) is 1.71. The van der Waals surface area contributed by atoms with E-state index in [1.54, 1.807) is 25.1 Å². The lowest BCUT2D eigenvalue weighted by Crippen LogP contribution is -2.51. The molecule has 1 heterocycles. The molecule has 0 aliphatic carbocycles. The molecule has 30 heavy (non-hydrogen) atoms. The van der Waals surface area contributed by atoms with E-state index in [-0.39, 0.29) is 19.6 Å². The number of rotatable bonds is 6. The normalized spacial score (nSPS) is 16.9. The molecule has 3 rings (SSSR count). The van der Waals surface area contributed by atoms with E-state index < -0.39 is 21.9 Å². The predicted molar refractivity (Wildman–Crippen MR) is 113 cm³/mol. The van der Waals surface area contributed by atoms with E-state index in [9.17, 15) is 17.6 Å². The van der Waals surface area contributed by atoms with Crippen LogP contribution in [0.15, 0.2) is 36.4 Å². The molecule has 0 aromatic heterocycles. The topological polar surface area (TPSA) is 79.0 Å². The second kappa shape index (κ2) is 9.30. The van der Waals surface area contributed by atoms with Crippen LogP contribution in [0.25, 0.3) is 0 Å². The first kappa shape index (κ1) is 22.5. The molecule has 7 nitrogen and oxygen atoms in total. The van der Waals surface area contributed by atoms with Gasteiger partial charge in [0.25, 0.3) is 10.2 Å². The first-order valence-corrected chi connectivity index (χ1v) is 11.1. The van der Waals surface area contributed by atoms with Crippen molar-refractivity contribution in [1.29, 1.82) is 0 Å². The molecule has 2 aromatic rings. The van der Waals surface area contributed by atoms with Crippen LogP contribution in [0, 0.1) is 12.7 Å². The van der Waals surface area contributed by atoms with E-state index in [4.69, 9.17) is 16.3 Å². The molecule has 1 amide bonds. The minimum Gasteiger partial charge on any atom is -0.495 e. The predicted octanol–water partition coefficient (Wildman–Crippen LogP) is 3.19. The van der Waals surface area contributed by atoms with Crippen LogP contribution in [0.3, 0.4) is 0 Å². The maximum atomic E-state index is 13.4. The van der Waals surface area contributed by atoms with E-state index in [1.807, 2.05) is 0 Å². The molecule has 0 spiro atoms. The lowest BCUT2D eigenvalue weighted by Gasteiger charge is -2.34. The molecule has 0 bridgehead atoms. The van der Waals surface area contributed by atoms with Gasteiger partial charge in [0.05, 0.1) is 19.3 Å². The Kier molecular flexibility index (Phi) is 6.97. The van der Waals surface area contributed by atoms with Gasteiger partial charge < -0.3 is 10.1 Å². The van der Waals surface area contributed by atoms with E-state index in [0.717, 1.165) is 9.87 Å². The van der Waals surface area contributed by atoms with Crippen LogP contribution in [-0.2, 0) is 21.5 Å². The summed E-state index contributed by atoms with van der Waals surface area (Å²) < 4.78 is 46.9. The van der Waals surface area contributed by atoms with E-state index in [2.05, 4.69) is 5.32 Å². The number of methoxy groups -OCH3 is 1. The lowest BCUT2D eigenvalue weighted by atomic mass is 10.2. The van der Waals surface area contributed by atoms with Gasteiger partial charge in [-0.3, -0.25) is 4.79 Å². The summed E-state index contributed by atoms with van der Waals surface area (Å²) in [5.74, 6) is -0.537. The molecule has 1 aliphatic heterocycles. The second-order valence-corrected chi connectivity index (χ2v) is 9.34. The van der Waals surface area contributed by atoms with Gasteiger partial charge in [-0.2, -0.15) is 17.0 Å². The van der Waals surface area contributed by atoms with Crippen LogP contribution >= 0.6 is 11.6 Å². The number of nitrogens with one attached hydrogen (secondary N) is 1. The van der Waals surface area contributed by atoms with Crippen molar-refractivity contribution in [1.82, 2.24) is 8.61 Å². The van der Waals surface area contributed by atoms with Crippen LogP contribution in [0.5, 0.6) is 5.75 Å². The lowest BCUT2D eigenvalue weighted by molar-refractivity contribution is -0.116. The molecule has 0 atom stereocenters. The molecule has 1 saturated heterocycles. The number of carbonyl (C=O) groups is 1. The quantitative estimate of drug-likeness (QED) is 0.725. The number of amides is 1. The standard InChI is InChI=1S/C20H23ClFN3O4S/c1-14-9-18(19(29-2)11-17(14)21)23-20(26)13-25-8-4-7-24(30(25,27)28)12-15-5-3-6-16(22)10-15/h3,5-6,9-11H,4,7-8,12-13H2,1-2H3,(H,23,26). The van der Waals surface area contributed by atoms with Gasteiger partial charge in [-0.15, -0.1) is 0 Å². The zero-order valence-electron chi connectivity index (χ0n) is 16.7. The molecule has 0 radical (unpaired) electrons. The Bertz CT molecular complexity index is 1050. The maximum absolute atomic E-state index is 13.4. The van der Waals surface area contributed by atoms with Crippen LogP contribution in [0.4, 0.5) is 10.1 Å². The van der Waals surface area contributed by atoms with Gasteiger partial charge in [0.1, 0.15) is 11.6 Å². The van der Waals surface area contributed by atoms with Gasteiger partial charge in [-0.25, -0.2) is 4.39 Å². The Labute approximate surface area is 180 Å². The summed E-state index contributed by atoms with van der Waals surface area (Å²) >= 11 is 6.08. The molecule has 1 fully saturated rings. The summed E-state index contributed by atoms with van der Waals surface area (Å²) in [7, 11) is -2.41. The SMILES string of the molecule is COc1cc(Cl)c(C)cc1NC(=O)CN1CCCN(Cc2cccc(F)c2)S1(=O)=O. The number of aryl methyl sites for hydroxylation is 1. The number of nitrogens with zero attached hydrogens (tertiary/aromatic N) is 2. The van der Waals surface area contributed by atoms with Gasteiger partial charge in [-0.1, -0.05) is 23.7 Å². The first-order chi connectivity index (χ1) is 14.2. The number of benzene rings is 2. The van der Waals surface area contributed by atoms with Crippen molar-refractivity contribution in [3.8, 4) is 5.75 Å². The molecular formula is C20H23ClFN3O4S. The Balaban J connectivity index is 1.71. The number of ether oxygens (including phenoxy) is 1. The van der Waals surface area contributed by atoms with Crippen molar-refractivity contribution in [2.45, 2.75) is 19.9 Å². The fourth-order valence-corrected chi connectivity index (χ4v) is 5.05. The summed E-state index contributed by atoms with van der Waals surface area (Å²) in [6.45, 7) is 2.03. The first-order valence-electron chi connectivity index (χ1n) is 9.34. The highest BCUT2D eigenvalue weighted by Crippen LogP contribution is 2.31. The molecule has 2 aromatic carbocycles. The Morgan fingerprint density at radius 1 is 1.23 bits per heavy atom. The van der Waals surface area contributed by atoms with Gasteiger partial charge in [0.15, 0.2) is 0 Å². The molecule has 1 aliphatic rings. The smallest absolute Gasteiger partial charge is 0.282 e. The Morgan fingerprint density at radius 2 is 1.97 bits per heavy atom. The fourth-order valence-electron chi connectivity index (χ4n) is 3.26. The second-order valence-electron chi connectivity index (χ2n) is 7.01. The van der Waals surface area contributed by atoms with Gasteiger partial charge in [0.2, 0.25) is 5.91 Å². The van der Waals surface area contributed by atoms with E-state index >= 15 is 0 Å². The van der Waals surface area contributed by atoms with Crippen molar-refractivity contribution in [2.75, 3.05) is 32.1 Å². The summed E-state index contributed by atoms with van der Waals surface area (Å²) in [5, 5.41) is 3.19. The van der Waals surface area contributed by atoms with Crippen LogP contribution in [-0.4, -0.2) is 49.7 Å². The summed E-state index contributed by atoms with van der Waals surface area (Å²) in [6, 6.07) is 9.06. The van der Waals surface area contributed by atoms with Crippen LogP contribution in [0.2, 0.25) is 5.02 Å².